The summed E-state index contributed by atoms with van der Waals surface area (Å²) in [6.45, 7) is 9.89. The first-order valence-corrected chi connectivity index (χ1v) is 9.15. The molecule has 3 heteroatoms. The van der Waals surface area contributed by atoms with Crippen molar-refractivity contribution >= 4 is 19.0 Å². The summed E-state index contributed by atoms with van der Waals surface area (Å²) >= 11 is 0. The summed E-state index contributed by atoms with van der Waals surface area (Å²) in [5.41, 5.74) is 3.46. The Labute approximate surface area is 97.6 Å². The first-order chi connectivity index (χ1) is 7.41. The zero-order valence-electron chi connectivity index (χ0n) is 10.4. The average molecular weight is 234 g/mol. The van der Waals surface area contributed by atoms with E-state index in [1.54, 1.807) is 6.92 Å². The van der Waals surface area contributed by atoms with Gasteiger partial charge in [-0.05, 0) is 23.2 Å². The van der Waals surface area contributed by atoms with Crippen molar-refractivity contribution in [2.45, 2.75) is 39.8 Å². The monoisotopic (exact) mass is 234 g/mol. The Balaban J connectivity index is 2.70. The van der Waals surface area contributed by atoms with Crippen LogP contribution < -0.4 is 5.19 Å². The van der Waals surface area contributed by atoms with E-state index in [4.69, 9.17) is 4.74 Å². The van der Waals surface area contributed by atoms with Crippen LogP contribution in [0.15, 0.2) is 12.1 Å². The molecular formula is C13H18O2Si. The second-order valence-corrected chi connectivity index (χ2v) is 10.4. The normalized spacial score (nSPS) is 15.0. The van der Waals surface area contributed by atoms with Crippen molar-refractivity contribution in [2.24, 2.45) is 0 Å². The van der Waals surface area contributed by atoms with Gasteiger partial charge in [-0.2, -0.15) is 0 Å². The maximum Gasteiger partial charge on any atom is 0.159 e. The smallest absolute Gasteiger partial charge is 0.159 e. The van der Waals surface area contributed by atoms with E-state index in [0.717, 1.165) is 5.56 Å². The third-order valence-corrected chi connectivity index (χ3v) is 5.11. The third kappa shape index (κ3) is 1.85. The molecule has 1 aromatic carbocycles. The Morgan fingerprint density at radius 2 is 1.94 bits per heavy atom. The van der Waals surface area contributed by atoms with Gasteiger partial charge in [-0.25, -0.2) is 0 Å². The van der Waals surface area contributed by atoms with Crippen molar-refractivity contribution in [1.82, 2.24) is 0 Å². The van der Waals surface area contributed by atoms with E-state index >= 15 is 0 Å². The molecule has 1 aromatic rings. The van der Waals surface area contributed by atoms with Crippen LogP contribution in [0, 0.1) is 0 Å². The van der Waals surface area contributed by atoms with E-state index < -0.39 is 8.07 Å². The number of carbonyl (C=O) groups excluding carboxylic acids is 1. The maximum absolute atomic E-state index is 11.7. The number of fused-ring (bicyclic) bond motifs is 1. The summed E-state index contributed by atoms with van der Waals surface area (Å²) in [4.78, 5) is 11.7. The number of rotatable bonds is 2. The molecule has 0 aromatic heterocycles. The van der Waals surface area contributed by atoms with Crippen LogP contribution in [0.3, 0.4) is 0 Å². The molecule has 0 bridgehead atoms. The standard InChI is InChI=1S/C13H18O2Si/c1-9(14)11-6-5-10-7-15-8-12(10)13(11)16(2,3)4/h5-6H,7-8H2,1-4H3. The molecule has 0 saturated heterocycles. The molecule has 0 atom stereocenters. The second-order valence-electron chi connectivity index (χ2n) is 5.42. The van der Waals surface area contributed by atoms with Gasteiger partial charge in [0, 0.05) is 5.56 Å². The second kappa shape index (κ2) is 3.82. The van der Waals surface area contributed by atoms with Crippen LogP contribution in [0.4, 0.5) is 0 Å². The highest BCUT2D eigenvalue weighted by atomic mass is 28.3. The van der Waals surface area contributed by atoms with Gasteiger partial charge in [-0.1, -0.05) is 31.8 Å². The van der Waals surface area contributed by atoms with Gasteiger partial charge in [0.15, 0.2) is 5.78 Å². The topological polar surface area (TPSA) is 26.3 Å². The van der Waals surface area contributed by atoms with Crippen molar-refractivity contribution in [3.05, 3.63) is 28.8 Å². The zero-order valence-corrected chi connectivity index (χ0v) is 11.4. The lowest BCUT2D eigenvalue weighted by molar-refractivity contribution is 0.101. The van der Waals surface area contributed by atoms with Gasteiger partial charge in [0.1, 0.15) is 0 Å². The molecule has 2 rings (SSSR count). The molecule has 0 saturated carbocycles. The Morgan fingerprint density at radius 1 is 1.25 bits per heavy atom. The molecular weight excluding hydrogens is 216 g/mol. The number of ketones is 1. The summed E-state index contributed by atoms with van der Waals surface area (Å²) in [7, 11) is -1.50. The van der Waals surface area contributed by atoms with Crippen molar-refractivity contribution < 1.29 is 9.53 Å². The highest BCUT2D eigenvalue weighted by molar-refractivity contribution is 6.89. The number of ether oxygens (including phenoxy) is 1. The van der Waals surface area contributed by atoms with E-state index in [-0.39, 0.29) is 5.78 Å². The van der Waals surface area contributed by atoms with Gasteiger partial charge in [-0.3, -0.25) is 4.79 Å². The van der Waals surface area contributed by atoms with E-state index in [1.807, 2.05) is 12.1 Å². The van der Waals surface area contributed by atoms with Gasteiger partial charge in [0.2, 0.25) is 0 Å². The van der Waals surface area contributed by atoms with Crippen LogP contribution >= 0.6 is 0 Å². The lowest BCUT2D eigenvalue weighted by atomic mass is 10.0. The molecule has 0 fully saturated rings. The van der Waals surface area contributed by atoms with Crippen molar-refractivity contribution in [1.29, 1.82) is 0 Å². The van der Waals surface area contributed by atoms with E-state index in [1.165, 1.54) is 16.3 Å². The molecule has 86 valence electrons. The summed E-state index contributed by atoms with van der Waals surface area (Å²) in [5, 5.41) is 1.30. The summed E-state index contributed by atoms with van der Waals surface area (Å²) in [6, 6.07) is 4.02. The van der Waals surface area contributed by atoms with Crippen molar-refractivity contribution in [3.8, 4) is 0 Å². The lowest BCUT2D eigenvalue weighted by Gasteiger charge is -2.23. The molecule has 0 N–H and O–H groups in total. The molecule has 2 nitrogen and oxygen atoms in total. The van der Waals surface area contributed by atoms with Gasteiger partial charge >= 0.3 is 0 Å². The lowest BCUT2D eigenvalue weighted by Crippen LogP contribution is -2.43. The predicted molar refractivity (Wildman–Crippen MR) is 67.9 cm³/mol. The van der Waals surface area contributed by atoms with Crippen LogP contribution in [0.5, 0.6) is 0 Å². The molecule has 16 heavy (non-hydrogen) atoms. The Hall–Kier alpha value is -0.933. The molecule has 1 aliphatic rings. The fourth-order valence-electron chi connectivity index (χ4n) is 2.40. The van der Waals surface area contributed by atoms with Gasteiger partial charge < -0.3 is 4.74 Å². The molecule has 0 unspecified atom stereocenters. The average Bonchev–Trinajstić information content (AvgIpc) is 2.61. The minimum Gasteiger partial charge on any atom is -0.372 e. The Kier molecular flexibility index (Phi) is 2.76. The van der Waals surface area contributed by atoms with Crippen molar-refractivity contribution in [3.63, 3.8) is 0 Å². The van der Waals surface area contributed by atoms with Gasteiger partial charge in [0.05, 0.1) is 21.3 Å². The van der Waals surface area contributed by atoms with Crippen LogP contribution in [0.25, 0.3) is 0 Å². The largest absolute Gasteiger partial charge is 0.372 e. The van der Waals surface area contributed by atoms with Crippen LogP contribution in [0.1, 0.15) is 28.4 Å². The molecule has 0 aliphatic carbocycles. The molecule has 1 aliphatic heterocycles. The highest BCUT2D eigenvalue weighted by Crippen LogP contribution is 2.23. The first kappa shape index (κ1) is 11.5. The van der Waals surface area contributed by atoms with Gasteiger partial charge in [0.25, 0.3) is 0 Å². The zero-order chi connectivity index (χ0) is 11.9. The van der Waals surface area contributed by atoms with Crippen LogP contribution in [-0.2, 0) is 18.0 Å². The number of Topliss-reactive ketones (excluding diaryl/α,β-unsaturated/α-hetero) is 1. The van der Waals surface area contributed by atoms with E-state index in [2.05, 4.69) is 19.6 Å². The van der Waals surface area contributed by atoms with Gasteiger partial charge in [-0.15, -0.1) is 0 Å². The van der Waals surface area contributed by atoms with Crippen molar-refractivity contribution in [2.75, 3.05) is 0 Å². The fraction of sp³-hybridized carbons (Fsp3) is 0.462. The molecule has 0 spiro atoms. The summed E-state index contributed by atoms with van der Waals surface area (Å²) < 4.78 is 5.50. The minimum atomic E-state index is -1.50. The maximum atomic E-state index is 11.7. The Bertz CT molecular complexity index is 444. The quantitative estimate of drug-likeness (QED) is 0.580. The molecule has 0 amide bonds. The van der Waals surface area contributed by atoms with E-state index in [0.29, 0.717) is 13.2 Å². The molecule has 0 radical (unpaired) electrons. The number of carbonyl (C=O) groups is 1. The van der Waals surface area contributed by atoms with E-state index in [9.17, 15) is 4.79 Å². The van der Waals surface area contributed by atoms with Crippen LogP contribution in [0.2, 0.25) is 19.6 Å². The summed E-state index contributed by atoms with van der Waals surface area (Å²) in [5.74, 6) is 0.173. The number of hydrogen-bond acceptors (Lipinski definition) is 2. The SMILES string of the molecule is CC(=O)c1ccc2c(c1[Si](C)(C)C)COC2. The fourth-order valence-corrected chi connectivity index (χ4v) is 4.61. The number of hydrogen-bond donors (Lipinski definition) is 0. The van der Waals surface area contributed by atoms with Crippen LogP contribution in [-0.4, -0.2) is 13.9 Å². The molecule has 1 heterocycles. The minimum absolute atomic E-state index is 0.173. The third-order valence-electron chi connectivity index (χ3n) is 3.04. The first-order valence-electron chi connectivity index (χ1n) is 5.65. The number of benzene rings is 1. The predicted octanol–water partition coefficient (Wildman–Crippen LogP) is 2.46. The summed E-state index contributed by atoms with van der Waals surface area (Å²) in [6.07, 6.45) is 0. The Morgan fingerprint density at radius 3 is 2.50 bits per heavy atom. The highest BCUT2D eigenvalue weighted by Gasteiger charge is 2.28.